The fourth-order valence-electron chi connectivity index (χ4n) is 3.95. The van der Waals surface area contributed by atoms with E-state index < -0.39 is 0 Å². The molecule has 0 aromatic carbocycles. The standard InChI is InChI=1S/C15H29N3O/c1-16-5-2-14(12-16)13-17-6-3-15(4-7-17)18-8-10-19-11-9-18/h14-15H,2-13H2,1H3. The minimum absolute atomic E-state index is 0.825. The number of piperidine rings is 1. The number of rotatable bonds is 3. The summed E-state index contributed by atoms with van der Waals surface area (Å²) in [6, 6.07) is 0.825. The van der Waals surface area contributed by atoms with E-state index >= 15 is 0 Å². The van der Waals surface area contributed by atoms with Crippen LogP contribution in [0.5, 0.6) is 0 Å². The van der Waals surface area contributed by atoms with Crippen molar-refractivity contribution in [3.05, 3.63) is 0 Å². The Kier molecular flexibility index (Phi) is 4.74. The Labute approximate surface area is 117 Å². The number of likely N-dealkylation sites (tertiary alicyclic amines) is 2. The molecule has 3 rings (SSSR count). The lowest BCUT2D eigenvalue weighted by Crippen LogP contribution is -2.49. The minimum Gasteiger partial charge on any atom is -0.379 e. The molecule has 0 spiro atoms. The molecule has 0 aliphatic carbocycles. The molecule has 4 nitrogen and oxygen atoms in total. The SMILES string of the molecule is CN1CCC(CN2CCC(N3CCOCC3)CC2)C1. The molecule has 1 atom stereocenters. The van der Waals surface area contributed by atoms with E-state index in [0.717, 1.165) is 38.3 Å². The summed E-state index contributed by atoms with van der Waals surface area (Å²) in [6.45, 7) is 10.7. The van der Waals surface area contributed by atoms with Crippen LogP contribution in [0.4, 0.5) is 0 Å². The van der Waals surface area contributed by atoms with E-state index in [4.69, 9.17) is 4.74 Å². The Hall–Kier alpha value is -0.160. The van der Waals surface area contributed by atoms with Crippen molar-refractivity contribution in [2.24, 2.45) is 5.92 Å². The van der Waals surface area contributed by atoms with Gasteiger partial charge in [0, 0.05) is 32.2 Å². The molecule has 3 fully saturated rings. The summed E-state index contributed by atoms with van der Waals surface area (Å²) in [6.07, 6.45) is 4.13. The van der Waals surface area contributed by atoms with Crippen LogP contribution in [0, 0.1) is 5.92 Å². The lowest BCUT2D eigenvalue weighted by Gasteiger charge is -2.40. The Morgan fingerprint density at radius 3 is 2.32 bits per heavy atom. The third kappa shape index (κ3) is 3.69. The van der Waals surface area contributed by atoms with Crippen LogP contribution < -0.4 is 0 Å². The lowest BCUT2D eigenvalue weighted by molar-refractivity contribution is -0.000170. The average Bonchev–Trinajstić information content (AvgIpc) is 2.86. The van der Waals surface area contributed by atoms with Crippen LogP contribution >= 0.6 is 0 Å². The fraction of sp³-hybridized carbons (Fsp3) is 1.00. The van der Waals surface area contributed by atoms with Crippen LogP contribution in [0.25, 0.3) is 0 Å². The average molecular weight is 267 g/mol. The largest absolute Gasteiger partial charge is 0.379 e. The highest BCUT2D eigenvalue weighted by Crippen LogP contribution is 2.21. The quantitative estimate of drug-likeness (QED) is 0.750. The number of hydrogen-bond donors (Lipinski definition) is 0. The van der Waals surface area contributed by atoms with Crippen molar-refractivity contribution in [1.29, 1.82) is 0 Å². The second-order valence-electron chi connectivity index (χ2n) is 6.60. The minimum atomic E-state index is 0.825. The Balaban J connectivity index is 1.39. The topological polar surface area (TPSA) is 19.0 Å². The maximum absolute atomic E-state index is 5.45. The summed E-state index contributed by atoms with van der Waals surface area (Å²) in [5.74, 6) is 0.921. The van der Waals surface area contributed by atoms with E-state index in [9.17, 15) is 0 Å². The normalized spacial score (nSPS) is 33.0. The molecule has 0 saturated carbocycles. The first-order valence-electron chi connectivity index (χ1n) is 8.04. The zero-order valence-electron chi connectivity index (χ0n) is 12.4. The van der Waals surface area contributed by atoms with Gasteiger partial charge in [0.2, 0.25) is 0 Å². The molecule has 4 heteroatoms. The predicted octanol–water partition coefficient (Wildman–Crippen LogP) is 0.735. The molecule has 19 heavy (non-hydrogen) atoms. The van der Waals surface area contributed by atoms with Crippen molar-refractivity contribution in [1.82, 2.24) is 14.7 Å². The lowest BCUT2D eigenvalue weighted by atomic mass is 10.0. The highest BCUT2D eigenvalue weighted by molar-refractivity contribution is 4.83. The van der Waals surface area contributed by atoms with Crippen molar-refractivity contribution in [2.75, 3.05) is 66.1 Å². The first-order valence-corrected chi connectivity index (χ1v) is 8.04. The van der Waals surface area contributed by atoms with Crippen LogP contribution in [0.15, 0.2) is 0 Å². The molecule has 0 aromatic heterocycles. The van der Waals surface area contributed by atoms with Gasteiger partial charge in [0.1, 0.15) is 0 Å². The van der Waals surface area contributed by atoms with Crippen molar-refractivity contribution in [2.45, 2.75) is 25.3 Å². The first-order chi connectivity index (χ1) is 9.31. The van der Waals surface area contributed by atoms with Gasteiger partial charge in [-0.25, -0.2) is 0 Å². The highest BCUT2D eigenvalue weighted by atomic mass is 16.5. The molecule has 0 aromatic rings. The van der Waals surface area contributed by atoms with Crippen LogP contribution in [0.2, 0.25) is 0 Å². The molecule has 3 aliphatic heterocycles. The second kappa shape index (κ2) is 6.53. The molecule has 0 bridgehead atoms. The van der Waals surface area contributed by atoms with E-state index in [1.807, 2.05) is 0 Å². The first kappa shape index (κ1) is 13.8. The molecular formula is C15H29N3O. The van der Waals surface area contributed by atoms with Crippen molar-refractivity contribution < 1.29 is 4.74 Å². The summed E-state index contributed by atoms with van der Waals surface area (Å²) in [5.41, 5.74) is 0. The summed E-state index contributed by atoms with van der Waals surface area (Å²) in [5, 5.41) is 0. The zero-order valence-corrected chi connectivity index (χ0v) is 12.4. The van der Waals surface area contributed by atoms with Gasteiger partial charge < -0.3 is 14.5 Å². The van der Waals surface area contributed by atoms with Gasteiger partial charge in [0.25, 0.3) is 0 Å². The van der Waals surface area contributed by atoms with E-state index in [1.54, 1.807) is 0 Å². The molecule has 3 heterocycles. The van der Waals surface area contributed by atoms with Crippen LogP contribution in [0.3, 0.4) is 0 Å². The molecule has 3 aliphatic rings. The summed E-state index contributed by atoms with van der Waals surface area (Å²) < 4.78 is 5.45. The third-order valence-corrected chi connectivity index (χ3v) is 5.12. The monoisotopic (exact) mass is 267 g/mol. The van der Waals surface area contributed by atoms with E-state index in [1.165, 1.54) is 52.0 Å². The van der Waals surface area contributed by atoms with Crippen molar-refractivity contribution in [3.8, 4) is 0 Å². The maximum atomic E-state index is 5.45. The smallest absolute Gasteiger partial charge is 0.0594 e. The van der Waals surface area contributed by atoms with E-state index in [-0.39, 0.29) is 0 Å². The third-order valence-electron chi connectivity index (χ3n) is 5.12. The number of ether oxygens (including phenoxy) is 1. The predicted molar refractivity (Wildman–Crippen MR) is 77.5 cm³/mol. The van der Waals surface area contributed by atoms with E-state index in [0.29, 0.717) is 0 Å². The van der Waals surface area contributed by atoms with Crippen molar-refractivity contribution >= 4 is 0 Å². The second-order valence-corrected chi connectivity index (χ2v) is 6.60. The van der Waals surface area contributed by atoms with Crippen LogP contribution in [-0.4, -0.2) is 86.8 Å². The number of nitrogens with zero attached hydrogens (tertiary/aromatic N) is 3. The number of morpholine rings is 1. The number of hydrogen-bond acceptors (Lipinski definition) is 4. The van der Waals surface area contributed by atoms with Crippen LogP contribution in [-0.2, 0) is 4.74 Å². The van der Waals surface area contributed by atoms with Crippen molar-refractivity contribution in [3.63, 3.8) is 0 Å². The molecule has 1 unspecified atom stereocenters. The van der Waals surface area contributed by atoms with E-state index in [2.05, 4.69) is 21.7 Å². The Morgan fingerprint density at radius 1 is 0.947 bits per heavy atom. The van der Waals surface area contributed by atoms with Gasteiger partial charge in [0.15, 0.2) is 0 Å². The molecule has 3 saturated heterocycles. The fourth-order valence-corrected chi connectivity index (χ4v) is 3.95. The summed E-state index contributed by atoms with van der Waals surface area (Å²) >= 11 is 0. The van der Waals surface area contributed by atoms with Gasteiger partial charge in [-0.05, 0) is 51.9 Å². The zero-order chi connectivity index (χ0) is 13.1. The molecule has 110 valence electrons. The van der Waals surface area contributed by atoms with Gasteiger partial charge in [-0.1, -0.05) is 0 Å². The highest BCUT2D eigenvalue weighted by Gasteiger charge is 2.28. The van der Waals surface area contributed by atoms with Gasteiger partial charge in [-0.2, -0.15) is 0 Å². The van der Waals surface area contributed by atoms with Gasteiger partial charge >= 0.3 is 0 Å². The molecule has 0 N–H and O–H groups in total. The maximum Gasteiger partial charge on any atom is 0.0594 e. The Bertz CT molecular complexity index is 273. The molecule has 0 amide bonds. The molecular weight excluding hydrogens is 238 g/mol. The van der Waals surface area contributed by atoms with Gasteiger partial charge in [-0.3, -0.25) is 4.90 Å². The summed E-state index contributed by atoms with van der Waals surface area (Å²) in [4.78, 5) is 7.84. The van der Waals surface area contributed by atoms with Crippen LogP contribution in [0.1, 0.15) is 19.3 Å². The summed E-state index contributed by atoms with van der Waals surface area (Å²) in [7, 11) is 2.25. The Morgan fingerprint density at radius 2 is 1.68 bits per heavy atom. The van der Waals surface area contributed by atoms with Gasteiger partial charge in [-0.15, -0.1) is 0 Å². The van der Waals surface area contributed by atoms with Gasteiger partial charge in [0.05, 0.1) is 13.2 Å². The molecule has 0 radical (unpaired) electrons.